The monoisotopic (exact) mass is 684 g/mol. The first-order chi connectivity index (χ1) is 17.0. The van der Waals surface area contributed by atoms with Crippen molar-refractivity contribution in [2.75, 3.05) is 0 Å². The van der Waals surface area contributed by atoms with Gasteiger partial charge in [0, 0.05) is 0 Å². The third kappa shape index (κ3) is 4.41. The molecule has 0 saturated heterocycles. The van der Waals surface area contributed by atoms with Crippen molar-refractivity contribution >= 4 is 0 Å². The summed E-state index contributed by atoms with van der Waals surface area (Å²) in [5.41, 5.74) is -8.95. The van der Waals surface area contributed by atoms with E-state index in [0.29, 0.717) is 0 Å². The van der Waals surface area contributed by atoms with Gasteiger partial charge in [0.1, 0.15) is 0 Å². The number of rotatable bonds is 10. The highest BCUT2D eigenvalue weighted by atomic mass is 19.4. The van der Waals surface area contributed by atoms with Crippen LogP contribution in [0.4, 0.5) is 114 Å². The summed E-state index contributed by atoms with van der Waals surface area (Å²) in [7, 11) is 0. The molecule has 2 N–H and O–H groups in total. The van der Waals surface area contributed by atoms with E-state index in [9.17, 15) is 114 Å². The maximum absolute atomic E-state index is 13.8. The molecule has 0 aromatic rings. The van der Waals surface area contributed by atoms with Gasteiger partial charge in [0.25, 0.3) is 5.60 Å². The van der Waals surface area contributed by atoms with E-state index in [-0.39, 0.29) is 0 Å². The Morgan fingerprint density at radius 2 is 0.390 bits per heavy atom. The molecule has 2 nitrogen and oxygen atoms in total. The van der Waals surface area contributed by atoms with Gasteiger partial charge in [0.05, 0.1) is 0 Å². The minimum absolute atomic E-state index is 7.80. The normalized spacial score (nSPS) is 18.4. The SMILES string of the molecule is OC(F)(F)C(O)(C(F)(F)C(F)(F)F)C(F)(F)C(F)(F)C(F)(F)C(F)(F)C(F)(F)C(F)(F)C(F)(F)C(F)(F)C(F)(F)F. The summed E-state index contributed by atoms with van der Waals surface area (Å²) in [5.74, 6) is -84.8. The van der Waals surface area contributed by atoms with Gasteiger partial charge < -0.3 is 10.2 Å². The molecule has 0 bridgehead atoms. The van der Waals surface area contributed by atoms with E-state index >= 15 is 0 Å². The predicted octanol–water partition coefficient (Wildman–Crippen LogP) is 7.14. The summed E-state index contributed by atoms with van der Waals surface area (Å²) in [4.78, 5) is 0. The van der Waals surface area contributed by atoms with Gasteiger partial charge in [0.2, 0.25) is 0 Å². The van der Waals surface area contributed by atoms with Gasteiger partial charge in [-0.15, -0.1) is 0 Å². The van der Waals surface area contributed by atoms with E-state index in [4.69, 9.17) is 10.2 Å². The highest BCUT2D eigenvalue weighted by molar-refractivity contribution is 5.22. The van der Waals surface area contributed by atoms with Crippen LogP contribution in [0.25, 0.3) is 0 Å². The molecule has 0 aliphatic heterocycles. The minimum atomic E-state index is -9.80. The Hall–Kier alpha value is -1.90. The molecule has 41 heavy (non-hydrogen) atoms. The molecule has 0 aliphatic carbocycles. The average molecular weight is 684 g/mol. The fourth-order valence-electron chi connectivity index (χ4n) is 2.37. The lowest BCUT2D eigenvalue weighted by molar-refractivity contribution is -0.507. The Morgan fingerprint density at radius 3 is 0.561 bits per heavy atom. The first-order valence-electron chi connectivity index (χ1n) is 8.36. The molecule has 0 fully saturated rings. The fraction of sp³-hybridized carbons (Fsp3) is 1.00. The molecule has 0 aromatic carbocycles. The molecule has 0 amide bonds. The quantitative estimate of drug-likeness (QED) is 0.241. The lowest BCUT2D eigenvalue weighted by Crippen LogP contribution is -2.82. The van der Waals surface area contributed by atoms with Crippen LogP contribution in [-0.4, -0.2) is 87.6 Å². The van der Waals surface area contributed by atoms with Crippen molar-refractivity contribution in [1.82, 2.24) is 0 Å². The second-order valence-electron chi connectivity index (χ2n) is 7.42. The molecule has 0 saturated carbocycles. The Bertz CT molecular complexity index is 963. The summed E-state index contributed by atoms with van der Waals surface area (Å²) in [6.45, 7) is 0. The first kappa shape index (κ1) is 39.1. The third-order valence-corrected chi connectivity index (χ3v) is 4.82. The zero-order valence-electron chi connectivity index (χ0n) is 17.2. The minimum Gasteiger partial charge on any atom is -0.371 e. The number of aliphatic hydroxyl groups is 2. The van der Waals surface area contributed by atoms with Gasteiger partial charge in [0.15, 0.2) is 0 Å². The van der Waals surface area contributed by atoms with Crippen molar-refractivity contribution in [3.8, 4) is 0 Å². The highest BCUT2D eigenvalue weighted by Crippen LogP contribution is 2.68. The molecule has 0 spiro atoms. The zero-order valence-corrected chi connectivity index (χ0v) is 17.2. The number of hydrogen-bond acceptors (Lipinski definition) is 2. The fourth-order valence-corrected chi connectivity index (χ4v) is 2.37. The zero-order chi connectivity index (χ0) is 34.5. The molecule has 0 aliphatic rings. The molecule has 1 unspecified atom stereocenters. The molecule has 0 rings (SSSR count). The summed E-state index contributed by atoms with van der Waals surface area (Å²) < 4.78 is 339. The maximum Gasteiger partial charge on any atom is 0.460 e. The number of alkyl halides is 26. The van der Waals surface area contributed by atoms with Crippen molar-refractivity contribution < 1.29 is 124 Å². The van der Waals surface area contributed by atoms with Crippen molar-refractivity contribution in [1.29, 1.82) is 0 Å². The van der Waals surface area contributed by atoms with E-state index in [1.807, 2.05) is 0 Å². The summed E-state index contributed by atoms with van der Waals surface area (Å²) in [6.07, 6.45) is -24.9. The summed E-state index contributed by atoms with van der Waals surface area (Å²) in [5, 5.41) is 16.2. The van der Waals surface area contributed by atoms with E-state index < -0.39 is 77.4 Å². The lowest BCUT2D eigenvalue weighted by Gasteiger charge is -2.48. The highest BCUT2D eigenvalue weighted by Gasteiger charge is 3.01. The summed E-state index contributed by atoms with van der Waals surface area (Å²) in [6, 6.07) is 0. The van der Waals surface area contributed by atoms with Crippen LogP contribution >= 0.6 is 0 Å². The summed E-state index contributed by atoms with van der Waals surface area (Å²) >= 11 is 0. The largest absolute Gasteiger partial charge is 0.460 e. The van der Waals surface area contributed by atoms with Crippen LogP contribution in [0.1, 0.15) is 0 Å². The Balaban J connectivity index is 7.67. The van der Waals surface area contributed by atoms with Gasteiger partial charge in [-0.05, 0) is 0 Å². The van der Waals surface area contributed by atoms with Crippen molar-refractivity contribution in [3.63, 3.8) is 0 Å². The second kappa shape index (κ2) is 9.06. The lowest BCUT2D eigenvalue weighted by atomic mass is 9.78. The molecular weight excluding hydrogens is 682 g/mol. The van der Waals surface area contributed by atoms with Crippen LogP contribution in [0.15, 0.2) is 0 Å². The first-order valence-corrected chi connectivity index (χ1v) is 8.36. The van der Waals surface area contributed by atoms with Gasteiger partial charge in [-0.1, -0.05) is 0 Å². The maximum atomic E-state index is 13.8. The van der Waals surface area contributed by atoms with Crippen molar-refractivity contribution in [2.24, 2.45) is 0 Å². The molecule has 248 valence electrons. The number of hydrogen-bond donors (Lipinski definition) is 2. The van der Waals surface area contributed by atoms with Crippen LogP contribution in [0.2, 0.25) is 0 Å². The molecule has 1 atom stereocenters. The van der Waals surface area contributed by atoms with E-state index in [1.54, 1.807) is 0 Å². The molecular formula is C13H2F26O2. The van der Waals surface area contributed by atoms with Crippen LogP contribution in [-0.2, 0) is 0 Å². The van der Waals surface area contributed by atoms with Gasteiger partial charge in [-0.3, -0.25) is 0 Å². The average Bonchev–Trinajstić information content (AvgIpc) is 2.69. The Morgan fingerprint density at radius 1 is 0.220 bits per heavy atom. The Labute approximate surface area is 203 Å². The van der Waals surface area contributed by atoms with Crippen molar-refractivity contribution in [2.45, 2.75) is 77.4 Å². The van der Waals surface area contributed by atoms with Gasteiger partial charge in [-0.2, -0.15) is 114 Å². The van der Waals surface area contributed by atoms with E-state index in [0.717, 1.165) is 0 Å². The van der Waals surface area contributed by atoms with E-state index in [2.05, 4.69) is 0 Å². The van der Waals surface area contributed by atoms with Gasteiger partial charge in [-0.25, -0.2) is 0 Å². The third-order valence-electron chi connectivity index (χ3n) is 4.82. The molecule has 0 aromatic heterocycles. The van der Waals surface area contributed by atoms with Crippen LogP contribution < -0.4 is 0 Å². The smallest absolute Gasteiger partial charge is 0.371 e. The predicted molar refractivity (Wildman–Crippen MR) is 68.7 cm³/mol. The van der Waals surface area contributed by atoms with E-state index in [1.165, 1.54) is 0 Å². The topological polar surface area (TPSA) is 40.5 Å². The molecule has 28 heteroatoms. The standard InChI is InChI=1S/C13H2F26O2/c14-2(15,1(40,13(38,39)41)3(16,17)11(32,33)34)4(18,19)5(20,21)6(22,23)7(24,25)8(26,27)9(28,29)10(30,31)12(35,36)37/h40-41H. The van der Waals surface area contributed by atoms with Gasteiger partial charge >= 0.3 is 71.8 Å². The molecule has 0 radical (unpaired) electrons. The number of halogens is 26. The van der Waals surface area contributed by atoms with Crippen LogP contribution in [0.3, 0.4) is 0 Å². The van der Waals surface area contributed by atoms with Crippen LogP contribution in [0, 0.1) is 0 Å². The van der Waals surface area contributed by atoms with Crippen molar-refractivity contribution in [3.05, 3.63) is 0 Å². The molecule has 0 heterocycles. The Kier molecular flexibility index (Phi) is 8.64. The van der Waals surface area contributed by atoms with Crippen LogP contribution in [0.5, 0.6) is 0 Å². The second-order valence-corrected chi connectivity index (χ2v) is 7.42.